The molecule has 0 saturated heterocycles. The molecule has 0 N–H and O–H groups in total. The van der Waals surface area contributed by atoms with Crippen LogP contribution in [0.5, 0.6) is 0 Å². The molecule has 0 amide bonds. The quantitative estimate of drug-likeness (QED) is 0.449. The number of alkyl halides is 1. The van der Waals surface area contributed by atoms with Crippen molar-refractivity contribution in [2.45, 2.75) is 37.5 Å². The van der Waals surface area contributed by atoms with E-state index in [1.165, 1.54) is 12.8 Å². The molecular weight excluding hydrogens is 223 g/mol. The molecule has 1 aliphatic rings. The highest BCUT2D eigenvalue weighted by molar-refractivity contribution is 14.1. The number of rotatable bonds is 0. The van der Waals surface area contributed by atoms with Crippen LogP contribution in [0.3, 0.4) is 0 Å². The van der Waals surface area contributed by atoms with Crippen LogP contribution in [0.4, 0.5) is 0 Å². The van der Waals surface area contributed by atoms with Crippen LogP contribution in [0.2, 0.25) is 0 Å². The van der Waals surface area contributed by atoms with E-state index in [1.807, 2.05) is 0 Å². The molecule has 54 valence electrons. The maximum atomic E-state index is 2.60. The molecule has 1 saturated carbocycles. The summed E-state index contributed by atoms with van der Waals surface area (Å²) in [6.07, 6.45) is 2.85. The highest BCUT2D eigenvalue weighted by Gasteiger charge is 2.37. The molecule has 0 bridgehead atoms. The summed E-state index contributed by atoms with van der Waals surface area (Å²) < 4.78 is 0.898. The third-order valence-corrected chi connectivity index (χ3v) is 5.40. The van der Waals surface area contributed by atoms with Gasteiger partial charge in [0.2, 0.25) is 0 Å². The molecule has 0 aromatic carbocycles. The minimum atomic E-state index is 0.611. The molecule has 0 spiro atoms. The summed E-state index contributed by atoms with van der Waals surface area (Å²) >= 11 is 2.60. The standard InChI is InChI=1S/C8H15I/c1-6-4-5-8(2,3)7(6)9/h6-7H,4-5H2,1-3H3/t6-,7-/m1/s1. The second kappa shape index (κ2) is 2.40. The van der Waals surface area contributed by atoms with Crippen molar-refractivity contribution in [2.24, 2.45) is 11.3 Å². The van der Waals surface area contributed by atoms with Crippen molar-refractivity contribution in [3.8, 4) is 0 Å². The van der Waals surface area contributed by atoms with Crippen LogP contribution in [-0.4, -0.2) is 3.92 Å². The monoisotopic (exact) mass is 238 g/mol. The summed E-state index contributed by atoms with van der Waals surface area (Å²) in [5.74, 6) is 0.945. The van der Waals surface area contributed by atoms with Gasteiger partial charge in [0, 0.05) is 3.92 Å². The van der Waals surface area contributed by atoms with E-state index in [4.69, 9.17) is 0 Å². The Balaban J connectivity index is 2.62. The molecule has 0 aromatic rings. The zero-order chi connectivity index (χ0) is 7.07. The predicted molar refractivity (Wildman–Crippen MR) is 50.0 cm³/mol. The normalized spacial score (nSPS) is 41.3. The Kier molecular flexibility index (Phi) is 2.09. The SMILES string of the molecule is C[C@@H]1CCC(C)(C)[C@@H]1I. The largest absolute Gasteiger partial charge is 0.0817 e. The number of hydrogen-bond donors (Lipinski definition) is 0. The van der Waals surface area contributed by atoms with Crippen LogP contribution in [0.1, 0.15) is 33.6 Å². The molecule has 1 aliphatic carbocycles. The van der Waals surface area contributed by atoms with Crippen molar-refractivity contribution in [3.63, 3.8) is 0 Å². The van der Waals surface area contributed by atoms with E-state index in [0.29, 0.717) is 5.41 Å². The topological polar surface area (TPSA) is 0 Å². The zero-order valence-electron chi connectivity index (χ0n) is 6.45. The van der Waals surface area contributed by atoms with Gasteiger partial charge in [0.05, 0.1) is 0 Å². The number of hydrogen-bond acceptors (Lipinski definition) is 0. The van der Waals surface area contributed by atoms with E-state index < -0.39 is 0 Å². The second-order valence-electron chi connectivity index (χ2n) is 3.91. The molecule has 0 heterocycles. The fraction of sp³-hybridized carbons (Fsp3) is 1.00. The van der Waals surface area contributed by atoms with Crippen molar-refractivity contribution in [1.29, 1.82) is 0 Å². The lowest BCUT2D eigenvalue weighted by atomic mass is 9.91. The van der Waals surface area contributed by atoms with Crippen LogP contribution in [0.25, 0.3) is 0 Å². The third-order valence-electron chi connectivity index (χ3n) is 2.49. The zero-order valence-corrected chi connectivity index (χ0v) is 8.60. The maximum Gasteiger partial charge on any atom is 0.0186 e. The van der Waals surface area contributed by atoms with Gasteiger partial charge < -0.3 is 0 Å². The minimum absolute atomic E-state index is 0.611. The highest BCUT2D eigenvalue weighted by atomic mass is 127. The fourth-order valence-electron chi connectivity index (χ4n) is 1.65. The Hall–Kier alpha value is 0.730. The van der Waals surface area contributed by atoms with Crippen LogP contribution in [0, 0.1) is 11.3 Å². The molecule has 0 nitrogen and oxygen atoms in total. The molecule has 1 rings (SSSR count). The van der Waals surface area contributed by atoms with Gasteiger partial charge in [-0.15, -0.1) is 0 Å². The lowest BCUT2D eigenvalue weighted by Crippen LogP contribution is -2.20. The lowest BCUT2D eigenvalue weighted by molar-refractivity contribution is 0.392. The molecule has 2 atom stereocenters. The van der Waals surface area contributed by atoms with Crippen molar-refractivity contribution in [1.82, 2.24) is 0 Å². The molecule has 0 aromatic heterocycles. The van der Waals surface area contributed by atoms with E-state index >= 15 is 0 Å². The fourth-order valence-corrected chi connectivity index (χ4v) is 2.33. The van der Waals surface area contributed by atoms with E-state index in [0.717, 1.165) is 9.84 Å². The molecule has 1 fully saturated rings. The molecule has 9 heavy (non-hydrogen) atoms. The Labute approximate surface area is 71.5 Å². The molecular formula is C8H15I. The first-order chi connectivity index (χ1) is 4.04. The van der Waals surface area contributed by atoms with E-state index in [9.17, 15) is 0 Å². The van der Waals surface area contributed by atoms with Crippen LogP contribution in [0.15, 0.2) is 0 Å². The first-order valence-electron chi connectivity index (χ1n) is 3.68. The van der Waals surface area contributed by atoms with Gasteiger partial charge in [-0.2, -0.15) is 0 Å². The van der Waals surface area contributed by atoms with Crippen molar-refractivity contribution in [2.75, 3.05) is 0 Å². The Morgan fingerprint density at radius 3 is 2.11 bits per heavy atom. The van der Waals surface area contributed by atoms with Gasteiger partial charge in [0.1, 0.15) is 0 Å². The van der Waals surface area contributed by atoms with E-state index in [2.05, 4.69) is 43.4 Å². The Morgan fingerprint density at radius 1 is 1.44 bits per heavy atom. The first kappa shape index (κ1) is 7.83. The molecule has 0 unspecified atom stereocenters. The van der Waals surface area contributed by atoms with Gasteiger partial charge in [-0.25, -0.2) is 0 Å². The summed E-state index contributed by atoms with van der Waals surface area (Å²) in [5, 5.41) is 0. The second-order valence-corrected chi connectivity index (χ2v) is 5.25. The first-order valence-corrected chi connectivity index (χ1v) is 4.93. The van der Waals surface area contributed by atoms with Gasteiger partial charge >= 0.3 is 0 Å². The van der Waals surface area contributed by atoms with Gasteiger partial charge in [-0.05, 0) is 24.2 Å². The average Bonchev–Trinajstić information content (AvgIpc) is 1.97. The summed E-state index contributed by atoms with van der Waals surface area (Å²) in [6, 6.07) is 0. The Bertz CT molecular complexity index is 107. The van der Waals surface area contributed by atoms with Crippen molar-refractivity contribution in [3.05, 3.63) is 0 Å². The van der Waals surface area contributed by atoms with E-state index in [1.54, 1.807) is 0 Å². The van der Waals surface area contributed by atoms with Crippen LogP contribution in [-0.2, 0) is 0 Å². The van der Waals surface area contributed by atoms with Crippen molar-refractivity contribution < 1.29 is 0 Å². The summed E-state index contributed by atoms with van der Waals surface area (Å²) in [4.78, 5) is 0. The lowest BCUT2D eigenvalue weighted by Gasteiger charge is -2.23. The summed E-state index contributed by atoms with van der Waals surface area (Å²) in [7, 11) is 0. The highest BCUT2D eigenvalue weighted by Crippen LogP contribution is 2.45. The predicted octanol–water partition coefficient (Wildman–Crippen LogP) is 3.25. The van der Waals surface area contributed by atoms with Gasteiger partial charge in [-0.1, -0.05) is 43.4 Å². The molecule has 0 radical (unpaired) electrons. The average molecular weight is 238 g/mol. The van der Waals surface area contributed by atoms with Gasteiger partial charge in [-0.3, -0.25) is 0 Å². The minimum Gasteiger partial charge on any atom is -0.0817 e. The third kappa shape index (κ3) is 1.41. The molecule has 0 aliphatic heterocycles. The van der Waals surface area contributed by atoms with Gasteiger partial charge in [0.15, 0.2) is 0 Å². The van der Waals surface area contributed by atoms with E-state index in [-0.39, 0.29) is 0 Å². The maximum absolute atomic E-state index is 2.60. The van der Waals surface area contributed by atoms with Gasteiger partial charge in [0.25, 0.3) is 0 Å². The molecule has 1 heteroatoms. The number of halogens is 1. The Morgan fingerprint density at radius 2 is 2.00 bits per heavy atom. The summed E-state index contributed by atoms with van der Waals surface area (Å²) in [6.45, 7) is 7.13. The smallest absolute Gasteiger partial charge is 0.0186 e. The van der Waals surface area contributed by atoms with Crippen molar-refractivity contribution >= 4 is 22.6 Å². The van der Waals surface area contributed by atoms with Crippen LogP contribution >= 0.6 is 22.6 Å². The summed E-state index contributed by atoms with van der Waals surface area (Å²) in [5.41, 5.74) is 0.611. The van der Waals surface area contributed by atoms with Crippen LogP contribution < -0.4 is 0 Å².